The van der Waals surface area contributed by atoms with Crippen LogP contribution in [0.15, 0.2) is 72.3 Å². The predicted octanol–water partition coefficient (Wildman–Crippen LogP) is 6.24. The van der Waals surface area contributed by atoms with E-state index in [1.165, 1.54) is 36.3 Å². The fourth-order valence-corrected chi connectivity index (χ4v) is 8.80. The molecule has 0 aromatic heterocycles. The molecule has 0 bridgehead atoms. The molecule has 3 fully saturated rings. The van der Waals surface area contributed by atoms with Gasteiger partial charge in [0.2, 0.25) is 11.8 Å². The van der Waals surface area contributed by atoms with Crippen molar-refractivity contribution in [3.8, 4) is 11.5 Å². The van der Waals surface area contributed by atoms with Gasteiger partial charge in [-0.1, -0.05) is 53.9 Å². The molecule has 2 aliphatic heterocycles. The molecule has 2 N–H and O–H groups in total. The smallest absolute Gasteiger partial charge is 0.260 e. The maximum Gasteiger partial charge on any atom is 0.260 e. The third-order valence-corrected chi connectivity index (χ3v) is 10.9. The second-order valence-corrected chi connectivity index (χ2v) is 13.6. The Bertz CT molecular complexity index is 1880. The van der Waals surface area contributed by atoms with E-state index in [9.17, 15) is 23.9 Å². The van der Waals surface area contributed by atoms with Gasteiger partial charge in [-0.3, -0.25) is 29.5 Å². The first kappa shape index (κ1) is 32.2. The number of nitrogens with zero attached hydrogens (tertiary/aromatic N) is 2. The molecule has 0 unspecified atom stereocenters. The van der Waals surface area contributed by atoms with Crippen LogP contribution in [0.4, 0.5) is 10.1 Å². The quantitative estimate of drug-likeness (QED) is 0.223. The summed E-state index contributed by atoms with van der Waals surface area (Å²) in [6, 6.07) is 15.2. The second kappa shape index (κ2) is 11.9. The summed E-state index contributed by atoms with van der Waals surface area (Å²) in [6.45, 7) is 2.20. The van der Waals surface area contributed by atoms with Crippen molar-refractivity contribution in [3.63, 3.8) is 0 Å². The fraction of sp³-hybridized carbons (Fsp3) is 0.333. The van der Waals surface area contributed by atoms with Crippen molar-refractivity contribution in [2.45, 2.75) is 37.5 Å². The number of carbonyl (C=O) groups is 4. The summed E-state index contributed by atoms with van der Waals surface area (Å²) in [5, 5.41) is 12.1. The van der Waals surface area contributed by atoms with Gasteiger partial charge >= 0.3 is 0 Å². The molecular weight excluding hydrogens is 660 g/mol. The van der Waals surface area contributed by atoms with E-state index in [1.54, 1.807) is 36.4 Å². The molecule has 12 heteroatoms. The minimum absolute atomic E-state index is 0.0251. The SMILES string of the molecule is CCCN1C(=O)[C@H]2[C@H](CC=C3[C@H]2C[C@H]2C(=O)N(Nc4ccc(F)cc4)C(=O)[C@@]2(c2ccc(Cl)cc2)[C@H]3c2cc(Cl)c(O)c(OC)c2)C1=O. The van der Waals surface area contributed by atoms with Gasteiger partial charge in [0.15, 0.2) is 11.5 Å². The highest BCUT2D eigenvalue weighted by Crippen LogP contribution is 2.64. The zero-order valence-corrected chi connectivity index (χ0v) is 27.6. The largest absolute Gasteiger partial charge is 0.503 e. The van der Waals surface area contributed by atoms with Crippen LogP contribution in [0.2, 0.25) is 10.0 Å². The first-order valence-electron chi connectivity index (χ1n) is 15.8. The number of aromatic hydroxyl groups is 1. The Labute approximate surface area is 286 Å². The molecule has 7 rings (SSSR count). The Morgan fingerprint density at radius 1 is 0.979 bits per heavy atom. The molecule has 9 nitrogen and oxygen atoms in total. The summed E-state index contributed by atoms with van der Waals surface area (Å²) < 4.78 is 19.3. The van der Waals surface area contributed by atoms with Crippen LogP contribution in [-0.2, 0) is 24.6 Å². The molecule has 6 atom stereocenters. The summed E-state index contributed by atoms with van der Waals surface area (Å²) in [4.78, 5) is 58.6. The Hall–Kier alpha value is -4.41. The van der Waals surface area contributed by atoms with Crippen molar-refractivity contribution in [2.75, 3.05) is 19.1 Å². The van der Waals surface area contributed by atoms with Gasteiger partial charge in [0.05, 0.1) is 41.0 Å². The number of amides is 4. The standard InChI is InChI=1S/C36H32Cl2FN3O6/c1-3-14-41-32(44)24-13-12-23-25(29(24)34(41)46)17-26-33(45)42(40-22-10-8-21(39)9-11-22)35(47)36(26,19-4-6-20(37)7-5-19)30(23)18-15-27(38)31(43)28(16-18)48-2/h4-12,15-16,24-26,29-30,40,43H,3,13-14,17H2,1-2H3/t24-,25+,26-,29-,30-,36+/m0/s1. The molecule has 48 heavy (non-hydrogen) atoms. The van der Waals surface area contributed by atoms with Crippen molar-refractivity contribution in [1.29, 1.82) is 0 Å². The first-order chi connectivity index (χ1) is 23.0. The summed E-state index contributed by atoms with van der Waals surface area (Å²) in [5.74, 6) is -6.06. The van der Waals surface area contributed by atoms with Gasteiger partial charge < -0.3 is 9.84 Å². The molecule has 2 heterocycles. The van der Waals surface area contributed by atoms with E-state index in [0.29, 0.717) is 34.8 Å². The number of ether oxygens (including phenoxy) is 1. The normalized spacial score (nSPS) is 27.9. The van der Waals surface area contributed by atoms with Gasteiger partial charge in [-0.2, -0.15) is 5.01 Å². The summed E-state index contributed by atoms with van der Waals surface area (Å²) in [7, 11) is 1.38. The number of imide groups is 2. The van der Waals surface area contributed by atoms with Crippen LogP contribution in [0.5, 0.6) is 11.5 Å². The van der Waals surface area contributed by atoms with E-state index in [2.05, 4.69) is 5.43 Å². The Morgan fingerprint density at radius 2 is 1.69 bits per heavy atom. The van der Waals surface area contributed by atoms with Gasteiger partial charge in [-0.15, -0.1) is 0 Å². The zero-order chi connectivity index (χ0) is 34.1. The van der Waals surface area contributed by atoms with Crippen LogP contribution in [0.1, 0.15) is 43.2 Å². The number of allylic oxidation sites excluding steroid dienone is 2. The molecular formula is C36H32Cl2FN3O6. The highest BCUT2D eigenvalue weighted by molar-refractivity contribution is 6.32. The second-order valence-electron chi connectivity index (χ2n) is 12.8. The molecule has 3 aromatic rings. The first-order valence-corrected chi connectivity index (χ1v) is 16.6. The average Bonchev–Trinajstić information content (AvgIpc) is 3.44. The predicted molar refractivity (Wildman–Crippen MR) is 176 cm³/mol. The highest BCUT2D eigenvalue weighted by Gasteiger charge is 2.70. The Balaban J connectivity index is 1.48. The van der Waals surface area contributed by atoms with Gasteiger partial charge in [0, 0.05) is 17.5 Å². The fourth-order valence-electron chi connectivity index (χ4n) is 8.46. The number of benzene rings is 3. The van der Waals surface area contributed by atoms with E-state index in [0.717, 1.165) is 10.6 Å². The van der Waals surface area contributed by atoms with E-state index in [4.69, 9.17) is 27.9 Å². The lowest BCUT2D eigenvalue weighted by molar-refractivity contribution is -0.141. The monoisotopic (exact) mass is 691 g/mol. The van der Waals surface area contributed by atoms with Crippen molar-refractivity contribution in [1.82, 2.24) is 9.91 Å². The Morgan fingerprint density at radius 3 is 2.35 bits per heavy atom. The molecule has 0 radical (unpaired) electrons. The number of phenolic OH excluding ortho intramolecular Hbond substituents is 1. The lowest BCUT2D eigenvalue weighted by atomic mass is 9.49. The van der Waals surface area contributed by atoms with Gasteiger partial charge in [-0.25, -0.2) is 4.39 Å². The maximum absolute atomic E-state index is 15.1. The summed E-state index contributed by atoms with van der Waals surface area (Å²) >= 11 is 12.9. The number of phenols is 1. The molecule has 3 aromatic carbocycles. The van der Waals surface area contributed by atoms with Crippen LogP contribution in [0, 0.1) is 29.5 Å². The van der Waals surface area contributed by atoms with E-state index in [1.807, 2.05) is 13.0 Å². The number of hydrazine groups is 1. The molecule has 2 saturated heterocycles. The maximum atomic E-state index is 15.1. The molecule has 4 amide bonds. The van der Waals surface area contributed by atoms with E-state index in [-0.39, 0.29) is 41.2 Å². The van der Waals surface area contributed by atoms with Crippen LogP contribution in [0.3, 0.4) is 0 Å². The van der Waals surface area contributed by atoms with Gasteiger partial charge in [0.25, 0.3) is 11.8 Å². The van der Waals surface area contributed by atoms with Crippen molar-refractivity contribution in [3.05, 3.63) is 99.3 Å². The number of methoxy groups -OCH3 is 1. The van der Waals surface area contributed by atoms with Crippen molar-refractivity contribution < 1.29 is 33.4 Å². The number of halogens is 3. The molecule has 0 spiro atoms. The number of rotatable bonds is 7. The number of anilines is 1. The topological polar surface area (TPSA) is 116 Å². The van der Waals surface area contributed by atoms with Crippen LogP contribution < -0.4 is 10.2 Å². The van der Waals surface area contributed by atoms with E-state index >= 15 is 4.79 Å². The van der Waals surface area contributed by atoms with E-state index < -0.39 is 52.6 Å². The third-order valence-electron chi connectivity index (χ3n) is 10.4. The molecule has 2 aliphatic carbocycles. The van der Waals surface area contributed by atoms with Crippen molar-refractivity contribution in [2.24, 2.45) is 23.7 Å². The number of carbonyl (C=O) groups excluding carboxylic acids is 4. The number of nitrogens with one attached hydrogen (secondary N) is 1. The van der Waals surface area contributed by atoms with Gasteiger partial charge in [-0.05, 0) is 84.8 Å². The van der Waals surface area contributed by atoms with Crippen molar-refractivity contribution >= 4 is 52.5 Å². The Kier molecular flexibility index (Phi) is 7.99. The summed E-state index contributed by atoms with van der Waals surface area (Å²) in [5.41, 5.74) is 3.38. The third kappa shape index (κ3) is 4.63. The minimum atomic E-state index is -1.58. The van der Waals surface area contributed by atoms with Crippen LogP contribution in [0.25, 0.3) is 0 Å². The minimum Gasteiger partial charge on any atom is -0.503 e. The number of likely N-dealkylation sites (tertiary alicyclic amines) is 1. The van der Waals surface area contributed by atoms with Crippen LogP contribution in [-0.4, -0.2) is 52.3 Å². The number of hydrogen-bond donors (Lipinski definition) is 2. The molecule has 1 saturated carbocycles. The van der Waals surface area contributed by atoms with Crippen LogP contribution >= 0.6 is 23.2 Å². The lowest BCUT2D eigenvalue weighted by Crippen LogP contribution is -2.53. The number of hydrogen-bond acceptors (Lipinski definition) is 7. The highest BCUT2D eigenvalue weighted by atomic mass is 35.5. The summed E-state index contributed by atoms with van der Waals surface area (Å²) in [6.07, 6.45) is 2.93. The average molecular weight is 693 g/mol. The zero-order valence-electron chi connectivity index (χ0n) is 26.1. The number of fused-ring (bicyclic) bond motifs is 4. The molecule has 248 valence electrons. The lowest BCUT2D eigenvalue weighted by Gasteiger charge is -2.50. The van der Waals surface area contributed by atoms with Gasteiger partial charge in [0.1, 0.15) is 5.82 Å². The molecule has 4 aliphatic rings.